The molecule has 0 spiro atoms. The molecule has 0 aromatic heterocycles. The van der Waals surface area contributed by atoms with E-state index in [0.29, 0.717) is 6.42 Å². The monoisotopic (exact) mass is 244 g/mol. The minimum Gasteiger partial charge on any atom is -0.480 e. The van der Waals surface area contributed by atoms with Crippen LogP contribution in [-0.4, -0.2) is 35.0 Å². The summed E-state index contributed by atoms with van der Waals surface area (Å²) in [6.07, 6.45) is 0.840. The maximum atomic E-state index is 11.3. The van der Waals surface area contributed by atoms with Crippen LogP contribution in [0.25, 0.3) is 0 Å². The van der Waals surface area contributed by atoms with Gasteiger partial charge in [0, 0.05) is 18.9 Å². The minimum atomic E-state index is -1.07. The molecule has 0 saturated carbocycles. The van der Waals surface area contributed by atoms with Crippen LogP contribution in [0.1, 0.15) is 40.0 Å². The summed E-state index contributed by atoms with van der Waals surface area (Å²) in [4.78, 5) is 32.9. The van der Waals surface area contributed by atoms with Gasteiger partial charge in [-0.3, -0.25) is 14.4 Å². The lowest BCUT2D eigenvalue weighted by atomic mass is 10.2. The molecule has 0 aromatic carbocycles. The van der Waals surface area contributed by atoms with Crippen molar-refractivity contribution in [2.75, 3.05) is 0 Å². The Morgan fingerprint density at radius 3 is 1.88 bits per heavy atom. The molecule has 0 aliphatic heterocycles. The van der Waals surface area contributed by atoms with Crippen LogP contribution in [0.5, 0.6) is 0 Å². The average Bonchev–Trinajstić information content (AvgIpc) is 2.15. The molecule has 0 aliphatic carbocycles. The molecule has 0 saturated heterocycles. The number of carbonyl (C=O) groups excluding carboxylic acids is 2. The van der Waals surface area contributed by atoms with Crippen molar-refractivity contribution < 1.29 is 19.5 Å². The van der Waals surface area contributed by atoms with Crippen molar-refractivity contribution in [1.29, 1.82) is 0 Å². The zero-order valence-electron chi connectivity index (χ0n) is 10.4. The molecular weight excluding hydrogens is 224 g/mol. The van der Waals surface area contributed by atoms with E-state index in [1.807, 2.05) is 13.8 Å². The Morgan fingerprint density at radius 1 is 1.00 bits per heavy atom. The number of nitrogens with one attached hydrogen (secondary N) is 2. The van der Waals surface area contributed by atoms with Crippen LogP contribution in [0, 0.1) is 0 Å². The maximum absolute atomic E-state index is 11.3. The first-order chi connectivity index (χ1) is 7.82. The molecule has 6 heteroatoms. The van der Waals surface area contributed by atoms with E-state index in [2.05, 4.69) is 10.6 Å². The van der Waals surface area contributed by atoms with Crippen molar-refractivity contribution in [3.8, 4) is 0 Å². The maximum Gasteiger partial charge on any atom is 0.325 e. The predicted molar refractivity (Wildman–Crippen MR) is 62.4 cm³/mol. The standard InChI is InChI=1S/C11H20N2O4/c1-7(2)12-9(14)5-4-6-10(15)13-8(3)11(16)17/h7-8H,4-6H2,1-3H3,(H,12,14)(H,13,15)(H,16,17). The van der Waals surface area contributed by atoms with E-state index in [1.54, 1.807) is 0 Å². The van der Waals surface area contributed by atoms with Crippen molar-refractivity contribution in [2.45, 2.75) is 52.1 Å². The summed E-state index contributed by atoms with van der Waals surface area (Å²) >= 11 is 0. The summed E-state index contributed by atoms with van der Waals surface area (Å²) in [5.41, 5.74) is 0. The topological polar surface area (TPSA) is 95.5 Å². The number of hydrogen-bond acceptors (Lipinski definition) is 3. The molecule has 6 nitrogen and oxygen atoms in total. The minimum absolute atomic E-state index is 0.0864. The highest BCUT2D eigenvalue weighted by molar-refractivity contribution is 5.83. The van der Waals surface area contributed by atoms with Gasteiger partial charge in [-0.05, 0) is 27.2 Å². The first-order valence-electron chi connectivity index (χ1n) is 5.64. The van der Waals surface area contributed by atoms with E-state index in [0.717, 1.165) is 0 Å². The molecule has 98 valence electrons. The second-order valence-corrected chi connectivity index (χ2v) is 4.20. The SMILES string of the molecule is CC(C)NC(=O)CCCC(=O)NC(C)C(=O)O. The summed E-state index contributed by atoms with van der Waals surface area (Å²) in [7, 11) is 0. The van der Waals surface area contributed by atoms with Gasteiger partial charge >= 0.3 is 5.97 Å². The number of rotatable bonds is 7. The van der Waals surface area contributed by atoms with Crippen LogP contribution in [-0.2, 0) is 14.4 Å². The van der Waals surface area contributed by atoms with Crippen LogP contribution in [0.3, 0.4) is 0 Å². The van der Waals surface area contributed by atoms with Crippen molar-refractivity contribution in [3.63, 3.8) is 0 Å². The van der Waals surface area contributed by atoms with Gasteiger partial charge in [0.1, 0.15) is 6.04 Å². The molecule has 1 atom stereocenters. The molecule has 0 radical (unpaired) electrons. The van der Waals surface area contributed by atoms with Crippen molar-refractivity contribution in [1.82, 2.24) is 10.6 Å². The second-order valence-electron chi connectivity index (χ2n) is 4.20. The fraction of sp³-hybridized carbons (Fsp3) is 0.727. The van der Waals surface area contributed by atoms with Crippen LogP contribution in [0.2, 0.25) is 0 Å². The highest BCUT2D eigenvalue weighted by atomic mass is 16.4. The van der Waals surface area contributed by atoms with Gasteiger partial charge < -0.3 is 15.7 Å². The lowest BCUT2D eigenvalue weighted by Crippen LogP contribution is -2.38. The third-order valence-corrected chi connectivity index (χ3v) is 2.01. The molecule has 0 aromatic rings. The summed E-state index contributed by atoms with van der Waals surface area (Å²) in [6.45, 7) is 5.12. The number of carbonyl (C=O) groups is 3. The Morgan fingerprint density at radius 2 is 1.47 bits per heavy atom. The number of carboxylic acids is 1. The Labute approximate surface area is 101 Å². The molecule has 0 heterocycles. The Bertz CT molecular complexity index is 289. The van der Waals surface area contributed by atoms with Crippen LogP contribution < -0.4 is 10.6 Å². The summed E-state index contributed by atoms with van der Waals surface area (Å²) < 4.78 is 0. The van der Waals surface area contributed by atoms with Gasteiger partial charge in [-0.15, -0.1) is 0 Å². The van der Waals surface area contributed by atoms with Gasteiger partial charge in [-0.1, -0.05) is 0 Å². The fourth-order valence-electron chi connectivity index (χ4n) is 1.18. The lowest BCUT2D eigenvalue weighted by Gasteiger charge is -2.10. The molecule has 0 fully saturated rings. The summed E-state index contributed by atoms with van der Waals surface area (Å²) in [5, 5.41) is 13.6. The van der Waals surface area contributed by atoms with Crippen LogP contribution in [0.4, 0.5) is 0 Å². The summed E-state index contributed by atoms with van der Waals surface area (Å²) in [5.74, 6) is -1.52. The highest BCUT2D eigenvalue weighted by Gasteiger charge is 2.13. The van der Waals surface area contributed by atoms with Crippen LogP contribution >= 0.6 is 0 Å². The van der Waals surface area contributed by atoms with Gasteiger partial charge in [-0.2, -0.15) is 0 Å². The van der Waals surface area contributed by atoms with Gasteiger partial charge in [0.2, 0.25) is 11.8 Å². The van der Waals surface area contributed by atoms with Crippen LogP contribution in [0.15, 0.2) is 0 Å². The van der Waals surface area contributed by atoms with E-state index >= 15 is 0 Å². The smallest absolute Gasteiger partial charge is 0.325 e. The molecule has 17 heavy (non-hydrogen) atoms. The molecule has 3 N–H and O–H groups in total. The van der Waals surface area contributed by atoms with Crippen molar-refractivity contribution in [3.05, 3.63) is 0 Å². The molecule has 2 amide bonds. The van der Waals surface area contributed by atoms with E-state index < -0.39 is 12.0 Å². The van der Waals surface area contributed by atoms with Crippen molar-refractivity contribution in [2.24, 2.45) is 0 Å². The van der Waals surface area contributed by atoms with Gasteiger partial charge in [0.15, 0.2) is 0 Å². The quantitative estimate of drug-likeness (QED) is 0.599. The van der Waals surface area contributed by atoms with Gasteiger partial charge in [0.05, 0.1) is 0 Å². The number of aliphatic carboxylic acids is 1. The first kappa shape index (κ1) is 15.4. The molecule has 0 rings (SSSR count). The van der Waals surface area contributed by atoms with Gasteiger partial charge in [-0.25, -0.2) is 0 Å². The van der Waals surface area contributed by atoms with E-state index in [1.165, 1.54) is 6.92 Å². The molecular formula is C11H20N2O4. The fourth-order valence-corrected chi connectivity index (χ4v) is 1.18. The predicted octanol–water partition coefficient (Wildman–Crippen LogP) is 0.271. The van der Waals surface area contributed by atoms with Crippen molar-refractivity contribution >= 4 is 17.8 Å². The largest absolute Gasteiger partial charge is 0.480 e. The highest BCUT2D eigenvalue weighted by Crippen LogP contribution is 1.97. The van der Waals surface area contributed by atoms with E-state index in [9.17, 15) is 14.4 Å². The van der Waals surface area contributed by atoms with E-state index in [-0.39, 0.29) is 30.7 Å². The zero-order chi connectivity index (χ0) is 13.4. The third kappa shape index (κ3) is 8.24. The average molecular weight is 244 g/mol. The third-order valence-electron chi connectivity index (χ3n) is 2.01. The number of carboxylic acid groups (broad SMARTS) is 1. The number of amides is 2. The Hall–Kier alpha value is -1.59. The normalized spacial score (nSPS) is 12.0. The Balaban J connectivity index is 3.71. The lowest BCUT2D eigenvalue weighted by molar-refractivity contribution is -0.141. The zero-order valence-corrected chi connectivity index (χ0v) is 10.4. The molecule has 0 bridgehead atoms. The van der Waals surface area contributed by atoms with Gasteiger partial charge in [0.25, 0.3) is 0 Å². The van der Waals surface area contributed by atoms with E-state index in [4.69, 9.17) is 5.11 Å². The number of hydrogen-bond donors (Lipinski definition) is 3. The first-order valence-corrected chi connectivity index (χ1v) is 5.64. The summed E-state index contributed by atoms with van der Waals surface area (Å²) in [6, 6.07) is -0.810. The molecule has 0 aliphatic rings. The second kappa shape index (κ2) is 7.65. The Kier molecular flexibility index (Phi) is 6.93. The molecule has 1 unspecified atom stereocenters.